The summed E-state index contributed by atoms with van der Waals surface area (Å²) in [5.41, 5.74) is 2.79. The largest absolute Gasteiger partial charge is 0.507 e. The van der Waals surface area contributed by atoms with E-state index in [0.29, 0.717) is 12.4 Å². The molecule has 0 unspecified atom stereocenters. The molecule has 104 valence electrons. The summed E-state index contributed by atoms with van der Waals surface area (Å²) in [6, 6.07) is 5.85. The average Bonchev–Trinajstić information content (AvgIpc) is 2.37. The molecule has 0 amide bonds. The van der Waals surface area contributed by atoms with Gasteiger partial charge < -0.3 is 9.84 Å². The Morgan fingerprint density at radius 2 is 1.95 bits per heavy atom. The van der Waals surface area contributed by atoms with Gasteiger partial charge in [-0.05, 0) is 37.1 Å². The van der Waals surface area contributed by atoms with Gasteiger partial charge in [0.15, 0.2) is 0 Å². The third-order valence-corrected chi connectivity index (χ3v) is 4.93. The van der Waals surface area contributed by atoms with Crippen molar-refractivity contribution in [2.24, 2.45) is 5.41 Å². The van der Waals surface area contributed by atoms with Gasteiger partial charge in [0.1, 0.15) is 5.75 Å². The van der Waals surface area contributed by atoms with E-state index in [0.717, 1.165) is 22.0 Å². The lowest BCUT2D eigenvalue weighted by molar-refractivity contribution is -0.0618. The Morgan fingerprint density at radius 3 is 2.42 bits per heavy atom. The van der Waals surface area contributed by atoms with Crippen molar-refractivity contribution in [3.63, 3.8) is 0 Å². The third-order valence-electron chi connectivity index (χ3n) is 4.28. The van der Waals surface area contributed by atoms with E-state index in [2.05, 4.69) is 42.8 Å². The Kier molecular flexibility index (Phi) is 3.80. The average molecular weight is 325 g/mol. The van der Waals surface area contributed by atoms with Crippen LogP contribution >= 0.6 is 15.9 Å². The third kappa shape index (κ3) is 2.23. The molecule has 2 rings (SSSR count). The van der Waals surface area contributed by atoms with Crippen LogP contribution in [0, 0.1) is 5.41 Å². The van der Waals surface area contributed by atoms with Crippen LogP contribution in [0.2, 0.25) is 0 Å². The number of alkyl halides is 1. The molecule has 0 spiro atoms. The Morgan fingerprint density at radius 1 is 1.26 bits per heavy atom. The Balaban J connectivity index is 2.39. The molecule has 1 aromatic rings. The van der Waals surface area contributed by atoms with Crippen LogP contribution < -0.4 is 0 Å². The van der Waals surface area contributed by atoms with Crippen molar-refractivity contribution >= 4 is 21.5 Å². The van der Waals surface area contributed by atoms with Gasteiger partial charge in [0.2, 0.25) is 0 Å². The van der Waals surface area contributed by atoms with Crippen LogP contribution in [-0.4, -0.2) is 17.3 Å². The summed E-state index contributed by atoms with van der Waals surface area (Å²) in [4.78, 5) is 0. The van der Waals surface area contributed by atoms with Crippen LogP contribution in [0.1, 0.15) is 38.8 Å². The van der Waals surface area contributed by atoms with Gasteiger partial charge in [0, 0.05) is 22.9 Å². The predicted octanol–water partition coefficient (Wildman–Crippen LogP) is 4.51. The lowest BCUT2D eigenvalue weighted by atomic mass is 9.58. The van der Waals surface area contributed by atoms with Crippen LogP contribution in [0.4, 0.5) is 0 Å². The van der Waals surface area contributed by atoms with E-state index in [4.69, 9.17) is 4.74 Å². The molecule has 0 aromatic heterocycles. The molecule has 1 aromatic carbocycles. The van der Waals surface area contributed by atoms with Crippen LogP contribution in [0.25, 0.3) is 5.57 Å². The lowest BCUT2D eigenvalue weighted by Crippen LogP contribution is -2.51. The maximum Gasteiger partial charge on any atom is 0.123 e. The van der Waals surface area contributed by atoms with E-state index in [1.54, 1.807) is 0 Å². The summed E-state index contributed by atoms with van der Waals surface area (Å²) >= 11 is 3.40. The second-order valence-electron chi connectivity index (χ2n) is 5.71. The highest BCUT2D eigenvalue weighted by molar-refractivity contribution is 9.08. The van der Waals surface area contributed by atoms with E-state index in [1.807, 2.05) is 25.1 Å². The molecule has 19 heavy (non-hydrogen) atoms. The molecule has 0 saturated carbocycles. The number of benzene rings is 1. The molecule has 0 aliphatic heterocycles. The van der Waals surface area contributed by atoms with Gasteiger partial charge in [-0.3, -0.25) is 0 Å². The van der Waals surface area contributed by atoms with Crippen molar-refractivity contribution < 1.29 is 9.84 Å². The van der Waals surface area contributed by atoms with Gasteiger partial charge in [-0.2, -0.15) is 0 Å². The monoisotopic (exact) mass is 324 g/mol. The smallest absolute Gasteiger partial charge is 0.123 e. The van der Waals surface area contributed by atoms with Crippen molar-refractivity contribution in [1.29, 1.82) is 0 Å². The topological polar surface area (TPSA) is 29.5 Å². The van der Waals surface area contributed by atoms with Gasteiger partial charge in [-0.1, -0.05) is 41.9 Å². The fourth-order valence-electron chi connectivity index (χ4n) is 2.65. The minimum Gasteiger partial charge on any atom is -0.507 e. The summed E-state index contributed by atoms with van der Waals surface area (Å²) in [7, 11) is 0. The molecule has 2 nitrogen and oxygen atoms in total. The standard InChI is InChI=1S/C16H21BrO2/c1-5-19-16(4)9-13(15(16,2)3)12-7-6-11(10-17)8-14(12)18/h6-9,18H,5,10H2,1-4H3/t16-/m1/s1. The highest BCUT2D eigenvalue weighted by Gasteiger charge is 2.51. The maximum atomic E-state index is 10.2. The van der Waals surface area contributed by atoms with Crippen LogP contribution in [0.5, 0.6) is 5.75 Å². The molecule has 3 heteroatoms. The summed E-state index contributed by atoms with van der Waals surface area (Å²) in [6.07, 6.45) is 2.12. The molecule has 0 fully saturated rings. The van der Waals surface area contributed by atoms with E-state index in [-0.39, 0.29) is 11.0 Å². The van der Waals surface area contributed by atoms with Crippen molar-refractivity contribution in [1.82, 2.24) is 0 Å². The van der Waals surface area contributed by atoms with Crippen molar-refractivity contribution in [3.05, 3.63) is 35.4 Å². The minimum atomic E-state index is -0.252. The number of hydrogen-bond donors (Lipinski definition) is 1. The molecule has 1 aliphatic carbocycles. The molecule has 0 saturated heterocycles. The second kappa shape index (κ2) is 4.95. The maximum absolute atomic E-state index is 10.2. The minimum absolute atomic E-state index is 0.101. The summed E-state index contributed by atoms with van der Waals surface area (Å²) in [6.45, 7) is 9.13. The van der Waals surface area contributed by atoms with Gasteiger partial charge in [-0.25, -0.2) is 0 Å². The van der Waals surface area contributed by atoms with E-state index < -0.39 is 0 Å². The summed E-state index contributed by atoms with van der Waals surface area (Å²) in [5.74, 6) is 0.342. The molecular weight excluding hydrogens is 304 g/mol. The first kappa shape index (κ1) is 14.6. The zero-order valence-electron chi connectivity index (χ0n) is 12.0. The van der Waals surface area contributed by atoms with Gasteiger partial charge in [0.05, 0.1) is 5.60 Å². The summed E-state index contributed by atoms with van der Waals surface area (Å²) in [5, 5.41) is 10.9. The summed E-state index contributed by atoms with van der Waals surface area (Å²) < 4.78 is 5.85. The predicted molar refractivity (Wildman–Crippen MR) is 82.5 cm³/mol. The molecule has 0 bridgehead atoms. The van der Waals surface area contributed by atoms with Gasteiger partial charge in [-0.15, -0.1) is 0 Å². The molecule has 0 radical (unpaired) electrons. The van der Waals surface area contributed by atoms with Gasteiger partial charge in [0.25, 0.3) is 0 Å². The van der Waals surface area contributed by atoms with E-state index in [9.17, 15) is 5.11 Å². The molecule has 0 heterocycles. The normalized spacial score (nSPS) is 24.8. The van der Waals surface area contributed by atoms with Gasteiger partial charge >= 0.3 is 0 Å². The Hall–Kier alpha value is -0.800. The number of phenolic OH excluding ortho intramolecular Hbond substituents is 1. The number of aromatic hydroxyl groups is 1. The quantitative estimate of drug-likeness (QED) is 0.826. The van der Waals surface area contributed by atoms with Crippen molar-refractivity contribution in [2.75, 3.05) is 6.61 Å². The molecular formula is C16H21BrO2. The van der Waals surface area contributed by atoms with E-state index >= 15 is 0 Å². The first-order valence-corrected chi connectivity index (χ1v) is 7.73. The molecule has 1 N–H and O–H groups in total. The zero-order chi connectivity index (χ0) is 14.3. The second-order valence-corrected chi connectivity index (χ2v) is 6.27. The van der Waals surface area contributed by atoms with Crippen molar-refractivity contribution in [2.45, 2.75) is 38.6 Å². The SMILES string of the molecule is CCO[C@]1(C)C=C(c2ccc(CBr)cc2O)C1(C)C. The number of ether oxygens (including phenoxy) is 1. The Bertz CT molecular complexity index is 519. The highest BCUT2D eigenvalue weighted by Crippen LogP contribution is 2.56. The van der Waals surface area contributed by atoms with Crippen molar-refractivity contribution in [3.8, 4) is 5.75 Å². The number of hydrogen-bond acceptors (Lipinski definition) is 2. The van der Waals surface area contributed by atoms with Crippen LogP contribution in [0.15, 0.2) is 24.3 Å². The highest BCUT2D eigenvalue weighted by atomic mass is 79.9. The molecule has 1 aliphatic rings. The fraction of sp³-hybridized carbons (Fsp3) is 0.500. The Labute approximate surface area is 123 Å². The number of phenols is 1. The first-order valence-electron chi connectivity index (χ1n) is 6.61. The van der Waals surface area contributed by atoms with E-state index in [1.165, 1.54) is 0 Å². The fourth-order valence-corrected chi connectivity index (χ4v) is 3.00. The molecule has 1 atom stereocenters. The number of rotatable bonds is 4. The van der Waals surface area contributed by atoms with Crippen LogP contribution in [-0.2, 0) is 10.1 Å². The van der Waals surface area contributed by atoms with Crippen LogP contribution in [0.3, 0.4) is 0 Å². The lowest BCUT2D eigenvalue weighted by Gasteiger charge is -2.52. The first-order chi connectivity index (χ1) is 8.85. The zero-order valence-corrected chi connectivity index (χ0v) is 13.5. The number of halogens is 1.